The molecule has 2 aromatic rings. The number of rotatable bonds is 3. The third kappa shape index (κ3) is 3.13. The van der Waals surface area contributed by atoms with E-state index in [9.17, 15) is 13.2 Å². The Kier molecular flexibility index (Phi) is 3.75. The normalized spacial score (nSPS) is 13.6. The predicted molar refractivity (Wildman–Crippen MR) is 65.4 cm³/mol. The van der Waals surface area contributed by atoms with Crippen molar-refractivity contribution in [2.45, 2.75) is 17.4 Å². The Labute approximate surface area is 110 Å². The molecule has 0 saturated heterocycles. The van der Waals surface area contributed by atoms with E-state index in [1.54, 1.807) is 18.5 Å². The van der Waals surface area contributed by atoms with Gasteiger partial charge in [-0.2, -0.15) is 13.2 Å². The van der Waals surface area contributed by atoms with E-state index in [-0.39, 0.29) is 4.83 Å². The molecule has 1 N–H and O–H groups in total. The number of aromatic nitrogens is 2. The van der Waals surface area contributed by atoms with E-state index < -0.39 is 11.7 Å². The van der Waals surface area contributed by atoms with Gasteiger partial charge in [-0.3, -0.25) is 0 Å². The third-order valence-electron chi connectivity index (χ3n) is 2.50. The van der Waals surface area contributed by atoms with Gasteiger partial charge in [-0.25, -0.2) is 4.98 Å². The second-order valence-electron chi connectivity index (χ2n) is 3.83. The van der Waals surface area contributed by atoms with Crippen LogP contribution in [-0.2, 0) is 12.6 Å². The fourth-order valence-electron chi connectivity index (χ4n) is 1.61. The molecular weight excluding hydrogens is 309 g/mol. The lowest BCUT2D eigenvalue weighted by atomic mass is 10.1. The van der Waals surface area contributed by atoms with Crippen LogP contribution in [-0.4, -0.2) is 9.97 Å². The van der Waals surface area contributed by atoms with E-state index >= 15 is 0 Å². The Morgan fingerprint density at radius 1 is 1.33 bits per heavy atom. The maximum atomic E-state index is 12.6. The van der Waals surface area contributed by atoms with Gasteiger partial charge in [-0.1, -0.05) is 34.1 Å². The van der Waals surface area contributed by atoms with Crippen molar-refractivity contribution in [3.8, 4) is 0 Å². The summed E-state index contributed by atoms with van der Waals surface area (Å²) in [6.07, 6.45) is -0.510. The summed E-state index contributed by atoms with van der Waals surface area (Å²) >= 11 is 3.38. The molecule has 0 aliphatic carbocycles. The van der Waals surface area contributed by atoms with Gasteiger partial charge in [-0.15, -0.1) is 0 Å². The first-order chi connectivity index (χ1) is 8.47. The molecule has 6 heteroatoms. The molecule has 2 nitrogen and oxygen atoms in total. The maximum Gasteiger partial charge on any atom is 0.416 e. The molecule has 2 rings (SSSR count). The minimum atomic E-state index is -4.31. The van der Waals surface area contributed by atoms with Gasteiger partial charge < -0.3 is 4.98 Å². The zero-order chi connectivity index (χ0) is 13.2. The molecule has 18 heavy (non-hydrogen) atoms. The quantitative estimate of drug-likeness (QED) is 0.848. The van der Waals surface area contributed by atoms with Gasteiger partial charge in [-0.05, 0) is 11.6 Å². The standard InChI is InChI=1S/C12H10BrF3N2/c13-10(7-11-17-4-5-18-11)8-2-1-3-9(6-8)12(14,15)16/h1-6,10H,7H2,(H,17,18). The van der Waals surface area contributed by atoms with Gasteiger partial charge in [0.25, 0.3) is 0 Å². The molecule has 96 valence electrons. The van der Waals surface area contributed by atoms with Crippen LogP contribution in [0.4, 0.5) is 13.2 Å². The average molecular weight is 319 g/mol. The highest BCUT2D eigenvalue weighted by atomic mass is 79.9. The largest absolute Gasteiger partial charge is 0.416 e. The second kappa shape index (κ2) is 5.14. The number of H-pyrrole nitrogens is 1. The predicted octanol–water partition coefficient (Wildman–Crippen LogP) is 4.11. The van der Waals surface area contributed by atoms with Crippen LogP contribution in [0, 0.1) is 0 Å². The van der Waals surface area contributed by atoms with Crippen molar-refractivity contribution in [2.75, 3.05) is 0 Å². The number of nitrogens with zero attached hydrogens (tertiary/aromatic N) is 1. The lowest BCUT2D eigenvalue weighted by molar-refractivity contribution is -0.137. The number of aromatic amines is 1. The third-order valence-corrected chi connectivity index (χ3v) is 3.36. The Hall–Kier alpha value is -1.30. The summed E-state index contributed by atoms with van der Waals surface area (Å²) in [7, 11) is 0. The van der Waals surface area contributed by atoms with Crippen molar-refractivity contribution >= 4 is 15.9 Å². The van der Waals surface area contributed by atoms with Crippen LogP contribution in [0.15, 0.2) is 36.7 Å². The number of hydrogen-bond donors (Lipinski definition) is 1. The number of nitrogens with one attached hydrogen (secondary N) is 1. The molecule has 0 spiro atoms. The number of hydrogen-bond acceptors (Lipinski definition) is 1. The SMILES string of the molecule is FC(F)(F)c1cccc(C(Br)Cc2ncc[nH]2)c1. The van der Waals surface area contributed by atoms with Crippen molar-refractivity contribution < 1.29 is 13.2 Å². The zero-order valence-electron chi connectivity index (χ0n) is 9.21. The molecule has 0 saturated carbocycles. The molecule has 0 radical (unpaired) electrons. The molecule has 0 bridgehead atoms. The number of halogens is 4. The van der Waals surface area contributed by atoms with Gasteiger partial charge in [0.15, 0.2) is 0 Å². The van der Waals surface area contributed by atoms with Gasteiger partial charge >= 0.3 is 6.18 Å². The monoisotopic (exact) mass is 318 g/mol. The molecule has 0 amide bonds. The Morgan fingerprint density at radius 3 is 2.72 bits per heavy atom. The van der Waals surface area contributed by atoms with Crippen molar-refractivity contribution in [3.63, 3.8) is 0 Å². The fraction of sp³-hybridized carbons (Fsp3) is 0.250. The second-order valence-corrected chi connectivity index (χ2v) is 4.94. The van der Waals surface area contributed by atoms with Crippen molar-refractivity contribution in [1.29, 1.82) is 0 Å². The van der Waals surface area contributed by atoms with Gasteiger partial charge in [0.1, 0.15) is 5.82 Å². The summed E-state index contributed by atoms with van der Waals surface area (Å²) in [5, 5.41) is 0. The number of imidazole rings is 1. The van der Waals surface area contributed by atoms with Crippen molar-refractivity contribution in [2.24, 2.45) is 0 Å². The molecule has 1 aromatic carbocycles. The molecular formula is C12H10BrF3N2. The number of alkyl halides is 4. The van der Waals surface area contributed by atoms with Crippen LogP contribution >= 0.6 is 15.9 Å². The van der Waals surface area contributed by atoms with Gasteiger partial charge in [0.2, 0.25) is 0 Å². The van der Waals surface area contributed by atoms with Gasteiger partial charge in [0, 0.05) is 23.6 Å². The van der Waals surface area contributed by atoms with E-state index in [0.717, 1.165) is 18.0 Å². The summed E-state index contributed by atoms with van der Waals surface area (Å²) in [6.45, 7) is 0. The van der Waals surface area contributed by atoms with E-state index in [1.807, 2.05) is 0 Å². The first kappa shape index (κ1) is 13.1. The van der Waals surface area contributed by atoms with Crippen LogP contribution in [0.25, 0.3) is 0 Å². The molecule has 0 aliphatic rings. The lowest BCUT2D eigenvalue weighted by Crippen LogP contribution is -2.06. The van der Waals surface area contributed by atoms with Crippen LogP contribution in [0.1, 0.15) is 21.8 Å². The highest BCUT2D eigenvalue weighted by molar-refractivity contribution is 9.09. The molecule has 0 aliphatic heterocycles. The van der Waals surface area contributed by atoms with E-state index in [4.69, 9.17) is 0 Å². The average Bonchev–Trinajstić information content (AvgIpc) is 2.81. The Morgan fingerprint density at radius 2 is 2.11 bits per heavy atom. The minimum Gasteiger partial charge on any atom is -0.349 e. The van der Waals surface area contributed by atoms with E-state index in [0.29, 0.717) is 12.0 Å². The zero-order valence-corrected chi connectivity index (χ0v) is 10.8. The van der Waals surface area contributed by atoms with Crippen LogP contribution in [0.2, 0.25) is 0 Å². The maximum absolute atomic E-state index is 12.6. The van der Waals surface area contributed by atoms with Crippen LogP contribution in [0.5, 0.6) is 0 Å². The molecule has 1 aromatic heterocycles. The van der Waals surface area contributed by atoms with Crippen LogP contribution < -0.4 is 0 Å². The summed E-state index contributed by atoms with van der Waals surface area (Å²) < 4.78 is 37.7. The number of benzene rings is 1. The lowest BCUT2D eigenvalue weighted by Gasteiger charge is -2.12. The van der Waals surface area contributed by atoms with Crippen LogP contribution in [0.3, 0.4) is 0 Å². The Balaban J connectivity index is 2.18. The molecule has 1 unspecified atom stereocenters. The van der Waals surface area contributed by atoms with Crippen molar-refractivity contribution in [1.82, 2.24) is 9.97 Å². The highest BCUT2D eigenvalue weighted by Crippen LogP contribution is 2.33. The highest BCUT2D eigenvalue weighted by Gasteiger charge is 2.30. The fourth-order valence-corrected chi connectivity index (χ4v) is 2.20. The first-order valence-corrected chi connectivity index (χ1v) is 6.18. The summed E-state index contributed by atoms with van der Waals surface area (Å²) in [5.41, 5.74) is -0.0508. The summed E-state index contributed by atoms with van der Waals surface area (Å²) in [4.78, 5) is 6.76. The minimum absolute atomic E-state index is 0.203. The summed E-state index contributed by atoms with van der Waals surface area (Å²) in [6, 6.07) is 5.30. The smallest absolute Gasteiger partial charge is 0.349 e. The summed E-state index contributed by atoms with van der Waals surface area (Å²) in [5.74, 6) is 0.731. The molecule has 0 fully saturated rings. The van der Waals surface area contributed by atoms with Gasteiger partial charge in [0.05, 0.1) is 5.56 Å². The first-order valence-electron chi connectivity index (χ1n) is 5.26. The molecule has 1 atom stereocenters. The topological polar surface area (TPSA) is 28.7 Å². The molecule has 1 heterocycles. The van der Waals surface area contributed by atoms with Crippen molar-refractivity contribution in [3.05, 3.63) is 53.6 Å². The van der Waals surface area contributed by atoms with E-state index in [1.165, 1.54) is 6.07 Å². The van der Waals surface area contributed by atoms with E-state index in [2.05, 4.69) is 25.9 Å². The Bertz CT molecular complexity index is 508.